The Morgan fingerprint density at radius 3 is 3.08 bits per heavy atom. The van der Waals surface area contributed by atoms with Crippen LogP contribution in [0.2, 0.25) is 0 Å². The summed E-state index contributed by atoms with van der Waals surface area (Å²) in [5.74, 6) is 2.62. The van der Waals surface area contributed by atoms with Crippen LogP contribution in [0.5, 0.6) is 0 Å². The van der Waals surface area contributed by atoms with Crippen molar-refractivity contribution in [3.05, 3.63) is 24.3 Å². The van der Waals surface area contributed by atoms with E-state index in [1.165, 1.54) is 0 Å². The molecule has 0 aliphatic carbocycles. The minimum Gasteiger partial charge on any atom is -0.312 e. The van der Waals surface area contributed by atoms with Crippen LogP contribution in [-0.4, -0.2) is 17.0 Å². The third-order valence-electron chi connectivity index (χ3n) is 1.89. The molecule has 1 heterocycles. The molecule has 3 nitrogen and oxygen atoms in total. The summed E-state index contributed by atoms with van der Waals surface area (Å²) in [6.07, 6.45) is 10.2. The van der Waals surface area contributed by atoms with E-state index in [4.69, 9.17) is 6.42 Å². The molecule has 0 saturated heterocycles. The average Bonchev–Trinajstić information content (AvgIpc) is 2.21. The molecule has 0 saturated carbocycles. The number of terminal acetylenes is 1. The highest BCUT2D eigenvalue weighted by molar-refractivity contribution is 5.05. The van der Waals surface area contributed by atoms with E-state index < -0.39 is 0 Å². The van der Waals surface area contributed by atoms with Gasteiger partial charge in [0.2, 0.25) is 0 Å². The van der Waals surface area contributed by atoms with Crippen LogP contribution in [0.15, 0.2) is 18.6 Å². The van der Waals surface area contributed by atoms with Crippen LogP contribution < -0.4 is 5.32 Å². The molecule has 1 aromatic rings. The van der Waals surface area contributed by atoms with E-state index in [-0.39, 0.29) is 6.04 Å². The largest absolute Gasteiger partial charge is 0.312 e. The van der Waals surface area contributed by atoms with Crippen molar-refractivity contribution in [2.24, 2.45) is 0 Å². The van der Waals surface area contributed by atoms with Crippen molar-refractivity contribution in [2.45, 2.75) is 18.9 Å². The molecule has 1 rings (SSSR count). The fourth-order valence-corrected chi connectivity index (χ4v) is 1.17. The Bertz CT molecular complexity index is 276. The lowest BCUT2D eigenvalue weighted by Gasteiger charge is -2.13. The highest BCUT2D eigenvalue weighted by atomic mass is 14.9. The predicted octanol–water partition coefficient (Wildman–Crippen LogP) is 1.15. The third kappa shape index (κ3) is 2.85. The topological polar surface area (TPSA) is 37.8 Å². The van der Waals surface area contributed by atoms with E-state index in [0.29, 0.717) is 0 Å². The predicted molar refractivity (Wildman–Crippen MR) is 51.9 cm³/mol. The lowest BCUT2D eigenvalue weighted by atomic mass is 10.1. The first-order valence-electron chi connectivity index (χ1n) is 4.25. The standard InChI is InChI=1S/C10H13N3/c1-3-4-5-9(11-2)10-6-7-12-8-13-10/h1,6-9,11H,4-5H2,2H3. The highest BCUT2D eigenvalue weighted by Crippen LogP contribution is 2.13. The van der Waals surface area contributed by atoms with Crippen molar-refractivity contribution >= 4 is 0 Å². The molecule has 3 heteroatoms. The zero-order valence-corrected chi connectivity index (χ0v) is 7.70. The van der Waals surface area contributed by atoms with Gasteiger partial charge in [-0.15, -0.1) is 12.3 Å². The molecule has 68 valence electrons. The van der Waals surface area contributed by atoms with Gasteiger partial charge < -0.3 is 5.32 Å². The molecule has 1 atom stereocenters. The molecule has 0 aliphatic heterocycles. The van der Waals surface area contributed by atoms with Crippen LogP contribution in [0.1, 0.15) is 24.6 Å². The van der Waals surface area contributed by atoms with Crippen LogP contribution >= 0.6 is 0 Å². The molecule has 0 radical (unpaired) electrons. The van der Waals surface area contributed by atoms with Crippen LogP contribution in [0.3, 0.4) is 0 Å². The van der Waals surface area contributed by atoms with Crippen LogP contribution in [0.25, 0.3) is 0 Å². The van der Waals surface area contributed by atoms with E-state index in [1.54, 1.807) is 12.5 Å². The summed E-state index contributed by atoms with van der Waals surface area (Å²) < 4.78 is 0. The van der Waals surface area contributed by atoms with Crippen molar-refractivity contribution in [3.63, 3.8) is 0 Å². The van der Waals surface area contributed by atoms with Crippen LogP contribution in [0, 0.1) is 12.3 Å². The zero-order valence-electron chi connectivity index (χ0n) is 7.70. The van der Waals surface area contributed by atoms with Gasteiger partial charge in [-0.05, 0) is 19.5 Å². The van der Waals surface area contributed by atoms with Gasteiger partial charge in [0, 0.05) is 12.6 Å². The fraction of sp³-hybridized carbons (Fsp3) is 0.400. The lowest BCUT2D eigenvalue weighted by molar-refractivity contribution is 0.543. The molecular formula is C10H13N3. The number of hydrogen-bond donors (Lipinski definition) is 1. The molecule has 0 aromatic carbocycles. The fourth-order valence-electron chi connectivity index (χ4n) is 1.17. The van der Waals surface area contributed by atoms with Crippen molar-refractivity contribution in [1.82, 2.24) is 15.3 Å². The van der Waals surface area contributed by atoms with Crippen LogP contribution in [-0.2, 0) is 0 Å². The van der Waals surface area contributed by atoms with Gasteiger partial charge in [-0.25, -0.2) is 9.97 Å². The maximum Gasteiger partial charge on any atom is 0.115 e. The summed E-state index contributed by atoms with van der Waals surface area (Å²) in [6.45, 7) is 0. The molecule has 0 fully saturated rings. The molecule has 1 N–H and O–H groups in total. The van der Waals surface area contributed by atoms with Gasteiger partial charge in [0.25, 0.3) is 0 Å². The van der Waals surface area contributed by atoms with Gasteiger partial charge in [-0.1, -0.05) is 0 Å². The van der Waals surface area contributed by atoms with Crippen LogP contribution in [0.4, 0.5) is 0 Å². The second kappa shape index (κ2) is 5.28. The third-order valence-corrected chi connectivity index (χ3v) is 1.89. The number of nitrogens with zero attached hydrogens (tertiary/aromatic N) is 2. The summed E-state index contributed by atoms with van der Waals surface area (Å²) in [6, 6.07) is 2.14. The van der Waals surface area contributed by atoms with E-state index in [1.807, 2.05) is 13.1 Å². The van der Waals surface area contributed by atoms with E-state index in [9.17, 15) is 0 Å². The Morgan fingerprint density at radius 2 is 2.54 bits per heavy atom. The second-order valence-corrected chi connectivity index (χ2v) is 2.72. The monoisotopic (exact) mass is 175 g/mol. The Hall–Kier alpha value is -1.40. The van der Waals surface area contributed by atoms with Gasteiger partial charge >= 0.3 is 0 Å². The minimum absolute atomic E-state index is 0.235. The van der Waals surface area contributed by atoms with Gasteiger partial charge in [-0.2, -0.15) is 0 Å². The number of nitrogens with one attached hydrogen (secondary N) is 1. The molecule has 1 aromatic heterocycles. The van der Waals surface area contributed by atoms with Gasteiger partial charge in [-0.3, -0.25) is 0 Å². The Balaban J connectivity index is 2.63. The maximum absolute atomic E-state index is 5.20. The van der Waals surface area contributed by atoms with Crippen molar-refractivity contribution < 1.29 is 0 Å². The van der Waals surface area contributed by atoms with Gasteiger partial charge in [0.05, 0.1) is 11.7 Å². The number of hydrogen-bond acceptors (Lipinski definition) is 3. The Morgan fingerprint density at radius 1 is 1.69 bits per heavy atom. The first-order valence-corrected chi connectivity index (χ1v) is 4.25. The average molecular weight is 175 g/mol. The first kappa shape index (κ1) is 9.69. The summed E-state index contributed by atoms with van der Waals surface area (Å²) >= 11 is 0. The van der Waals surface area contributed by atoms with Crippen molar-refractivity contribution in [2.75, 3.05) is 7.05 Å². The summed E-state index contributed by atoms with van der Waals surface area (Å²) in [5, 5.41) is 3.17. The zero-order chi connectivity index (χ0) is 9.52. The summed E-state index contributed by atoms with van der Waals surface area (Å²) in [4.78, 5) is 8.02. The molecule has 1 unspecified atom stereocenters. The molecular weight excluding hydrogens is 162 g/mol. The molecule has 0 amide bonds. The first-order chi connectivity index (χ1) is 6.38. The maximum atomic E-state index is 5.20. The van der Waals surface area contributed by atoms with E-state index >= 15 is 0 Å². The molecule has 0 aliphatic rings. The minimum atomic E-state index is 0.235. The second-order valence-electron chi connectivity index (χ2n) is 2.72. The Kier molecular flexibility index (Phi) is 3.94. The summed E-state index contributed by atoms with van der Waals surface area (Å²) in [5.41, 5.74) is 0.993. The quantitative estimate of drug-likeness (QED) is 0.697. The van der Waals surface area contributed by atoms with Crippen molar-refractivity contribution in [3.8, 4) is 12.3 Å². The summed E-state index contributed by atoms with van der Waals surface area (Å²) in [7, 11) is 1.91. The molecule has 0 spiro atoms. The number of rotatable bonds is 4. The highest BCUT2D eigenvalue weighted by Gasteiger charge is 2.08. The van der Waals surface area contributed by atoms with E-state index in [2.05, 4.69) is 21.2 Å². The lowest BCUT2D eigenvalue weighted by Crippen LogP contribution is -2.17. The molecule has 13 heavy (non-hydrogen) atoms. The smallest absolute Gasteiger partial charge is 0.115 e. The normalized spacial score (nSPS) is 12.0. The van der Waals surface area contributed by atoms with Gasteiger partial charge in [0.1, 0.15) is 6.33 Å². The van der Waals surface area contributed by atoms with Crippen molar-refractivity contribution in [1.29, 1.82) is 0 Å². The SMILES string of the molecule is C#CCCC(NC)c1ccncn1. The number of aromatic nitrogens is 2. The van der Waals surface area contributed by atoms with E-state index in [0.717, 1.165) is 18.5 Å². The Labute approximate surface area is 78.6 Å². The molecule has 0 bridgehead atoms. The van der Waals surface area contributed by atoms with Gasteiger partial charge in [0.15, 0.2) is 0 Å².